The van der Waals surface area contributed by atoms with Crippen LogP contribution in [-0.4, -0.2) is 35.3 Å². The summed E-state index contributed by atoms with van der Waals surface area (Å²) in [5.74, 6) is 0. The van der Waals surface area contributed by atoms with Gasteiger partial charge in [-0.3, -0.25) is 0 Å². The van der Waals surface area contributed by atoms with Gasteiger partial charge < -0.3 is 10.4 Å². The maximum Gasteiger partial charge on any atom is 0.0693 e. The number of hydrogen-bond donors (Lipinski definition) is 2. The quantitative estimate of drug-likeness (QED) is 0.739. The number of hydrogen-bond acceptors (Lipinski definition) is 3. The van der Waals surface area contributed by atoms with Gasteiger partial charge in [-0.05, 0) is 32.1 Å². The van der Waals surface area contributed by atoms with Crippen LogP contribution in [0.15, 0.2) is 0 Å². The molecule has 1 aliphatic rings. The molecule has 1 fully saturated rings. The molecule has 1 unspecified atom stereocenters. The normalized spacial score (nSPS) is 30.2. The first-order chi connectivity index (χ1) is 6.74. The Kier molecular flexibility index (Phi) is 5.90. The minimum Gasteiger partial charge on any atom is -0.392 e. The molecule has 3 atom stereocenters. The topological polar surface area (TPSA) is 32.3 Å². The van der Waals surface area contributed by atoms with Crippen molar-refractivity contribution in [2.75, 3.05) is 12.8 Å². The zero-order chi connectivity index (χ0) is 10.4. The number of aliphatic hydroxyl groups excluding tert-OH is 1. The van der Waals surface area contributed by atoms with E-state index in [1.807, 2.05) is 11.8 Å². The van der Waals surface area contributed by atoms with Gasteiger partial charge in [-0.25, -0.2) is 0 Å². The molecule has 0 aromatic carbocycles. The second kappa shape index (κ2) is 6.70. The largest absolute Gasteiger partial charge is 0.392 e. The summed E-state index contributed by atoms with van der Waals surface area (Å²) in [7, 11) is 0. The Bertz CT molecular complexity index is 154. The van der Waals surface area contributed by atoms with E-state index in [-0.39, 0.29) is 6.10 Å². The smallest absolute Gasteiger partial charge is 0.0693 e. The number of rotatable bonds is 5. The molecule has 0 bridgehead atoms. The Morgan fingerprint density at radius 3 is 2.79 bits per heavy atom. The average Bonchev–Trinajstić information content (AvgIpc) is 2.20. The minimum atomic E-state index is -0.103. The molecular weight excluding hydrogens is 194 g/mol. The van der Waals surface area contributed by atoms with Crippen LogP contribution in [-0.2, 0) is 0 Å². The number of nitrogens with one attached hydrogen (secondary N) is 1. The van der Waals surface area contributed by atoms with Crippen LogP contribution in [0.2, 0.25) is 0 Å². The van der Waals surface area contributed by atoms with E-state index in [4.69, 9.17) is 0 Å². The van der Waals surface area contributed by atoms with Crippen molar-refractivity contribution < 1.29 is 5.11 Å². The van der Waals surface area contributed by atoms with Gasteiger partial charge in [0, 0.05) is 11.3 Å². The lowest BCUT2D eigenvalue weighted by Gasteiger charge is -2.28. The van der Waals surface area contributed by atoms with E-state index in [9.17, 15) is 5.11 Å². The van der Waals surface area contributed by atoms with Crippen LogP contribution in [0.5, 0.6) is 0 Å². The monoisotopic (exact) mass is 217 g/mol. The van der Waals surface area contributed by atoms with Gasteiger partial charge in [0.25, 0.3) is 0 Å². The zero-order valence-electron chi connectivity index (χ0n) is 9.33. The van der Waals surface area contributed by atoms with Gasteiger partial charge in [0.15, 0.2) is 0 Å². The highest BCUT2D eigenvalue weighted by atomic mass is 32.2. The van der Waals surface area contributed by atoms with Crippen LogP contribution < -0.4 is 5.32 Å². The molecule has 84 valence electrons. The van der Waals surface area contributed by atoms with Gasteiger partial charge in [-0.2, -0.15) is 11.8 Å². The van der Waals surface area contributed by atoms with Crippen molar-refractivity contribution in [3.63, 3.8) is 0 Å². The van der Waals surface area contributed by atoms with E-state index in [0.29, 0.717) is 6.04 Å². The molecule has 0 saturated heterocycles. The molecule has 14 heavy (non-hydrogen) atoms. The van der Waals surface area contributed by atoms with E-state index >= 15 is 0 Å². The Morgan fingerprint density at radius 1 is 1.43 bits per heavy atom. The molecule has 0 aliphatic heterocycles. The van der Waals surface area contributed by atoms with Crippen molar-refractivity contribution in [2.45, 2.75) is 56.4 Å². The van der Waals surface area contributed by atoms with Crippen molar-refractivity contribution in [3.8, 4) is 0 Å². The molecule has 0 amide bonds. The predicted molar refractivity (Wildman–Crippen MR) is 63.9 cm³/mol. The van der Waals surface area contributed by atoms with Gasteiger partial charge in [0.1, 0.15) is 0 Å². The van der Waals surface area contributed by atoms with Crippen LogP contribution >= 0.6 is 11.8 Å². The molecule has 1 rings (SSSR count). The highest BCUT2D eigenvalue weighted by Gasteiger charge is 2.21. The fourth-order valence-corrected chi connectivity index (χ4v) is 2.29. The Morgan fingerprint density at radius 2 is 2.14 bits per heavy atom. The standard InChI is InChI=1S/C11H23NOS/c1-9(14-2)7-8-12-10-5-3-4-6-11(10)13/h9-13H,3-8H2,1-2H3/t9?,10-,11-/m1/s1. The van der Waals surface area contributed by atoms with E-state index in [2.05, 4.69) is 18.5 Å². The van der Waals surface area contributed by atoms with Crippen LogP contribution in [0, 0.1) is 0 Å². The highest BCUT2D eigenvalue weighted by Crippen LogP contribution is 2.18. The Labute approximate surface area is 91.9 Å². The van der Waals surface area contributed by atoms with Crippen LogP contribution in [0.25, 0.3) is 0 Å². The first-order valence-corrected chi connectivity index (χ1v) is 6.97. The summed E-state index contributed by atoms with van der Waals surface area (Å²) in [6.45, 7) is 3.30. The molecule has 1 aliphatic carbocycles. The molecule has 1 saturated carbocycles. The first-order valence-electron chi connectivity index (χ1n) is 5.68. The van der Waals surface area contributed by atoms with Gasteiger partial charge >= 0.3 is 0 Å². The van der Waals surface area contributed by atoms with Gasteiger partial charge in [-0.1, -0.05) is 19.8 Å². The Hall–Kier alpha value is 0.270. The molecule has 0 aromatic rings. The van der Waals surface area contributed by atoms with Crippen molar-refractivity contribution in [2.24, 2.45) is 0 Å². The second-order valence-electron chi connectivity index (χ2n) is 4.25. The number of aliphatic hydroxyl groups is 1. The lowest BCUT2D eigenvalue weighted by molar-refractivity contribution is 0.0911. The fraction of sp³-hybridized carbons (Fsp3) is 1.00. The summed E-state index contributed by atoms with van der Waals surface area (Å²) >= 11 is 1.91. The van der Waals surface area contributed by atoms with Gasteiger partial charge in [0.05, 0.1) is 6.10 Å². The fourth-order valence-electron chi connectivity index (χ4n) is 1.94. The van der Waals surface area contributed by atoms with E-state index in [0.717, 1.165) is 24.6 Å². The van der Waals surface area contributed by atoms with Gasteiger partial charge in [0.2, 0.25) is 0 Å². The summed E-state index contributed by atoms with van der Waals surface area (Å²) in [5.41, 5.74) is 0. The summed E-state index contributed by atoms with van der Waals surface area (Å²) in [4.78, 5) is 0. The summed E-state index contributed by atoms with van der Waals surface area (Å²) in [5, 5.41) is 13.9. The predicted octanol–water partition coefficient (Wildman–Crippen LogP) is 2.02. The second-order valence-corrected chi connectivity index (χ2v) is 5.52. The summed E-state index contributed by atoms with van der Waals surface area (Å²) in [6.07, 6.45) is 7.84. The average molecular weight is 217 g/mol. The molecule has 2 nitrogen and oxygen atoms in total. The lowest BCUT2D eigenvalue weighted by Crippen LogP contribution is -2.42. The van der Waals surface area contributed by atoms with E-state index in [1.165, 1.54) is 19.3 Å². The maximum atomic E-state index is 9.72. The van der Waals surface area contributed by atoms with Crippen LogP contribution in [0.4, 0.5) is 0 Å². The Balaban J connectivity index is 2.10. The lowest BCUT2D eigenvalue weighted by atomic mass is 9.92. The molecule has 0 spiro atoms. The SMILES string of the molecule is CSC(C)CCN[C@@H]1CCCC[C@H]1O. The van der Waals surface area contributed by atoms with Gasteiger partial charge in [-0.15, -0.1) is 0 Å². The van der Waals surface area contributed by atoms with Crippen molar-refractivity contribution >= 4 is 11.8 Å². The molecule has 0 radical (unpaired) electrons. The molecule has 0 heterocycles. The number of thioether (sulfide) groups is 1. The van der Waals surface area contributed by atoms with E-state index < -0.39 is 0 Å². The molecule has 0 aromatic heterocycles. The third-order valence-corrected chi connectivity index (χ3v) is 4.13. The van der Waals surface area contributed by atoms with Crippen LogP contribution in [0.3, 0.4) is 0 Å². The third kappa shape index (κ3) is 4.20. The summed E-state index contributed by atoms with van der Waals surface area (Å²) < 4.78 is 0. The molecule has 3 heteroatoms. The summed E-state index contributed by atoms with van der Waals surface area (Å²) in [6, 6.07) is 0.359. The first kappa shape index (κ1) is 12.3. The minimum absolute atomic E-state index is 0.103. The maximum absolute atomic E-state index is 9.72. The van der Waals surface area contributed by atoms with Crippen LogP contribution in [0.1, 0.15) is 39.0 Å². The van der Waals surface area contributed by atoms with Crippen molar-refractivity contribution in [1.29, 1.82) is 0 Å². The van der Waals surface area contributed by atoms with E-state index in [1.54, 1.807) is 0 Å². The highest BCUT2D eigenvalue weighted by molar-refractivity contribution is 7.99. The zero-order valence-corrected chi connectivity index (χ0v) is 10.1. The molecular formula is C11H23NOS. The molecule has 2 N–H and O–H groups in total. The van der Waals surface area contributed by atoms with Crippen molar-refractivity contribution in [3.05, 3.63) is 0 Å². The van der Waals surface area contributed by atoms with Crippen molar-refractivity contribution in [1.82, 2.24) is 5.32 Å². The third-order valence-electron chi connectivity index (χ3n) is 3.09.